The van der Waals surface area contributed by atoms with Gasteiger partial charge in [-0.05, 0) is 42.0 Å². The number of rotatable bonds is 6. The summed E-state index contributed by atoms with van der Waals surface area (Å²) < 4.78 is 22.7. The molecule has 2 rings (SSSR count). The molecule has 0 heterocycles. The summed E-state index contributed by atoms with van der Waals surface area (Å²) in [7, 11) is 0. The van der Waals surface area contributed by atoms with Gasteiger partial charge in [-0.3, -0.25) is 0 Å². The molecule has 0 aliphatic carbocycles. The second-order valence-corrected chi connectivity index (χ2v) is 4.86. The van der Waals surface area contributed by atoms with Gasteiger partial charge in [-0.15, -0.1) is 0 Å². The molecule has 2 aromatic rings. The van der Waals surface area contributed by atoms with Crippen LogP contribution in [0.25, 0.3) is 0 Å². The van der Waals surface area contributed by atoms with E-state index in [4.69, 9.17) is 32.7 Å². The highest BCUT2D eigenvalue weighted by Crippen LogP contribution is 2.24. The molecule has 5 heteroatoms. The number of hydrogen-bond donors (Lipinski definition) is 0. The van der Waals surface area contributed by atoms with Crippen molar-refractivity contribution in [1.82, 2.24) is 0 Å². The summed E-state index contributed by atoms with van der Waals surface area (Å²) in [4.78, 5) is 0. The highest BCUT2D eigenvalue weighted by atomic mass is 35.5. The maximum absolute atomic E-state index is 12.0. The first-order chi connectivity index (χ1) is 9.69. The SMILES string of the molecule is FCCOc1ccc(OCc2ccc(Cl)c(Cl)c2)cc1. The summed E-state index contributed by atoms with van der Waals surface area (Å²) in [6.07, 6.45) is 0. The van der Waals surface area contributed by atoms with E-state index in [1.165, 1.54) is 0 Å². The molecule has 0 unspecified atom stereocenters. The summed E-state index contributed by atoms with van der Waals surface area (Å²) in [5.74, 6) is 1.31. The fraction of sp³-hybridized carbons (Fsp3) is 0.200. The van der Waals surface area contributed by atoms with E-state index in [2.05, 4.69) is 0 Å². The lowest BCUT2D eigenvalue weighted by atomic mass is 10.2. The van der Waals surface area contributed by atoms with Crippen molar-refractivity contribution in [1.29, 1.82) is 0 Å². The van der Waals surface area contributed by atoms with E-state index >= 15 is 0 Å². The largest absolute Gasteiger partial charge is 0.491 e. The number of halogens is 3. The Bertz CT molecular complexity index is 558. The molecular formula is C15H13Cl2FO2. The molecule has 106 valence electrons. The van der Waals surface area contributed by atoms with Crippen LogP contribution in [0.3, 0.4) is 0 Å². The molecule has 2 nitrogen and oxygen atoms in total. The van der Waals surface area contributed by atoms with Gasteiger partial charge in [0.05, 0.1) is 10.0 Å². The molecule has 20 heavy (non-hydrogen) atoms. The van der Waals surface area contributed by atoms with Crippen LogP contribution >= 0.6 is 23.2 Å². The molecule has 0 atom stereocenters. The van der Waals surface area contributed by atoms with Crippen LogP contribution in [0.1, 0.15) is 5.56 Å². The van der Waals surface area contributed by atoms with E-state index in [1.54, 1.807) is 36.4 Å². The van der Waals surface area contributed by atoms with Crippen LogP contribution in [0.15, 0.2) is 42.5 Å². The molecule has 0 aromatic heterocycles. The van der Waals surface area contributed by atoms with Crippen molar-refractivity contribution in [2.45, 2.75) is 6.61 Å². The van der Waals surface area contributed by atoms with Gasteiger partial charge >= 0.3 is 0 Å². The normalized spacial score (nSPS) is 10.3. The van der Waals surface area contributed by atoms with E-state index < -0.39 is 6.67 Å². The first kappa shape index (κ1) is 14.9. The van der Waals surface area contributed by atoms with Crippen LogP contribution in [0.5, 0.6) is 11.5 Å². The summed E-state index contributed by atoms with van der Waals surface area (Å²) in [5, 5.41) is 1.02. The van der Waals surface area contributed by atoms with Gasteiger partial charge in [0.2, 0.25) is 0 Å². The van der Waals surface area contributed by atoms with E-state index in [1.807, 2.05) is 6.07 Å². The van der Waals surface area contributed by atoms with Crippen molar-refractivity contribution in [2.24, 2.45) is 0 Å². The Morgan fingerprint density at radius 3 is 2.10 bits per heavy atom. The lowest BCUT2D eigenvalue weighted by molar-refractivity contribution is 0.271. The maximum Gasteiger partial charge on any atom is 0.123 e. The van der Waals surface area contributed by atoms with Gasteiger partial charge in [0.25, 0.3) is 0 Å². The summed E-state index contributed by atoms with van der Waals surface area (Å²) in [6.45, 7) is -0.0549. The minimum absolute atomic E-state index is 0.0590. The van der Waals surface area contributed by atoms with E-state index in [0.717, 1.165) is 5.56 Å². The molecule has 0 saturated heterocycles. The molecule has 0 aliphatic heterocycles. The average molecular weight is 315 g/mol. The highest BCUT2D eigenvalue weighted by molar-refractivity contribution is 6.42. The zero-order chi connectivity index (χ0) is 14.4. The molecule has 0 amide bonds. The highest BCUT2D eigenvalue weighted by Gasteiger charge is 2.01. The Morgan fingerprint density at radius 1 is 0.850 bits per heavy atom. The number of hydrogen-bond acceptors (Lipinski definition) is 2. The van der Waals surface area contributed by atoms with Crippen molar-refractivity contribution >= 4 is 23.2 Å². The van der Waals surface area contributed by atoms with Gasteiger partial charge in [0, 0.05) is 0 Å². The van der Waals surface area contributed by atoms with Crippen LogP contribution in [0.2, 0.25) is 10.0 Å². The van der Waals surface area contributed by atoms with Crippen LogP contribution in [0, 0.1) is 0 Å². The van der Waals surface area contributed by atoms with E-state index in [9.17, 15) is 4.39 Å². The van der Waals surface area contributed by atoms with Crippen molar-refractivity contribution in [3.63, 3.8) is 0 Å². The zero-order valence-corrected chi connectivity index (χ0v) is 12.1. The van der Waals surface area contributed by atoms with E-state index in [-0.39, 0.29) is 6.61 Å². The number of benzene rings is 2. The van der Waals surface area contributed by atoms with Crippen LogP contribution in [0.4, 0.5) is 4.39 Å². The van der Waals surface area contributed by atoms with Gasteiger partial charge in [0.15, 0.2) is 0 Å². The van der Waals surface area contributed by atoms with Gasteiger partial charge in [-0.1, -0.05) is 29.3 Å². The van der Waals surface area contributed by atoms with Crippen molar-refractivity contribution in [2.75, 3.05) is 13.3 Å². The second-order valence-electron chi connectivity index (χ2n) is 4.05. The van der Waals surface area contributed by atoms with Crippen molar-refractivity contribution in [3.05, 3.63) is 58.1 Å². The van der Waals surface area contributed by atoms with Crippen LogP contribution < -0.4 is 9.47 Å². The summed E-state index contributed by atoms with van der Waals surface area (Å²) in [5.41, 5.74) is 0.928. The Kier molecular flexibility index (Phi) is 5.50. The Hall–Kier alpha value is -1.45. The Labute approximate surface area is 127 Å². The molecule has 0 fully saturated rings. The van der Waals surface area contributed by atoms with Crippen molar-refractivity contribution < 1.29 is 13.9 Å². The topological polar surface area (TPSA) is 18.5 Å². The number of ether oxygens (including phenoxy) is 2. The fourth-order valence-corrected chi connectivity index (χ4v) is 1.91. The molecule has 2 aromatic carbocycles. The van der Waals surface area contributed by atoms with Gasteiger partial charge in [-0.25, -0.2) is 4.39 Å². The Balaban J connectivity index is 1.91. The van der Waals surface area contributed by atoms with Crippen molar-refractivity contribution in [3.8, 4) is 11.5 Å². The molecule has 0 spiro atoms. The minimum Gasteiger partial charge on any atom is -0.491 e. The molecular weight excluding hydrogens is 302 g/mol. The third-order valence-corrected chi connectivity index (χ3v) is 3.30. The smallest absolute Gasteiger partial charge is 0.123 e. The Morgan fingerprint density at radius 2 is 1.50 bits per heavy atom. The molecule has 0 radical (unpaired) electrons. The predicted octanol–water partition coefficient (Wildman–Crippen LogP) is 4.92. The predicted molar refractivity (Wildman–Crippen MR) is 78.7 cm³/mol. The molecule has 0 N–H and O–H groups in total. The standard InChI is InChI=1S/C15H13Cl2FO2/c16-14-6-1-11(9-15(14)17)10-20-13-4-2-12(3-5-13)19-8-7-18/h1-6,9H,7-8,10H2. The van der Waals surface area contributed by atoms with Crippen LogP contribution in [-0.2, 0) is 6.61 Å². The lowest BCUT2D eigenvalue weighted by Gasteiger charge is -2.08. The zero-order valence-electron chi connectivity index (χ0n) is 10.6. The third kappa shape index (κ3) is 4.29. The first-order valence-corrected chi connectivity index (χ1v) is 6.80. The average Bonchev–Trinajstić information content (AvgIpc) is 2.47. The van der Waals surface area contributed by atoms with Gasteiger partial charge < -0.3 is 9.47 Å². The molecule has 0 bridgehead atoms. The maximum atomic E-state index is 12.0. The first-order valence-electron chi connectivity index (χ1n) is 6.04. The van der Waals surface area contributed by atoms with E-state index in [0.29, 0.717) is 28.2 Å². The van der Waals surface area contributed by atoms with Gasteiger partial charge in [-0.2, -0.15) is 0 Å². The number of alkyl halides is 1. The molecule has 0 saturated carbocycles. The quantitative estimate of drug-likeness (QED) is 0.753. The van der Waals surface area contributed by atoms with Gasteiger partial charge in [0.1, 0.15) is 31.4 Å². The second kappa shape index (κ2) is 7.36. The fourth-order valence-electron chi connectivity index (χ4n) is 1.58. The minimum atomic E-state index is -0.504. The summed E-state index contributed by atoms with van der Waals surface area (Å²) in [6, 6.07) is 12.4. The third-order valence-electron chi connectivity index (χ3n) is 2.56. The lowest BCUT2D eigenvalue weighted by Crippen LogP contribution is -1.99. The van der Waals surface area contributed by atoms with Crippen LogP contribution in [-0.4, -0.2) is 13.3 Å². The molecule has 0 aliphatic rings. The summed E-state index contributed by atoms with van der Waals surface area (Å²) >= 11 is 11.8. The monoisotopic (exact) mass is 314 g/mol.